The van der Waals surface area contributed by atoms with E-state index in [4.69, 9.17) is 0 Å². The van der Waals surface area contributed by atoms with Gasteiger partial charge in [0.1, 0.15) is 0 Å². The number of hydrogen-bond donors (Lipinski definition) is 2. The highest BCUT2D eigenvalue weighted by Crippen LogP contribution is 2.39. The molecule has 0 bridgehead atoms. The van der Waals surface area contributed by atoms with E-state index in [1.807, 2.05) is 6.92 Å². The summed E-state index contributed by atoms with van der Waals surface area (Å²) in [5.74, 6) is 2.78. The minimum absolute atomic E-state index is 0.0562. The van der Waals surface area contributed by atoms with Crippen LogP contribution in [0, 0.1) is 17.8 Å². The van der Waals surface area contributed by atoms with E-state index in [1.54, 1.807) is 0 Å². The molecule has 0 radical (unpaired) electrons. The maximum atomic E-state index is 12.0. The lowest BCUT2D eigenvalue weighted by Crippen LogP contribution is -2.50. The lowest BCUT2D eigenvalue weighted by Gasteiger charge is -2.38. The molecule has 3 nitrogen and oxygen atoms in total. The molecule has 4 unspecified atom stereocenters. The number of likely N-dealkylation sites (N-methyl/N-ethyl adjacent to an activating group) is 1. The van der Waals surface area contributed by atoms with E-state index in [-0.39, 0.29) is 11.9 Å². The molecular formula is C16H30N2O. The molecule has 0 aromatic rings. The topological polar surface area (TPSA) is 41.1 Å². The molecule has 2 N–H and O–H groups in total. The van der Waals surface area contributed by atoms with Crippen molar-refractivity contribution < 1.29 is 4.79 Å². The predicted octanol–water partition coefficient (Wildman–Crippen LogP) is 2.71. The quantitative estimate of drug-likeness (QED) is 0.821. The van der Waals surface area contributed by atoms with Crippen LogP contribution < -0.4 is 10.6 Å². The van der Waals surface area contributed by atoms with Gasteiger partial charge in [0.2, 0.25) is 5.91 Å². The van der Waals surface area contributed by atoms with Crippen molar-refractivity contribution in [3.63, 3.8) is 0 Å². The number of carbonyl (C=O) groups is 1. The van der Waals surface area contributed by atoms with Gasteiger partial charge in [0.15, 0.2) is 0 Å². The second-order valence-corrected chi connectivity index (χ2v) is 6.39. The monoisotopic (exact) mass is 266 g/mol. The summed E-state index contributed by atoms with van der Waals surface area (Å²) < 4.78 is 0. The fourth-order valence-corrected chi connectivity index (χ4v) is 4.00. The Kier molecular flexibility index (Phi) is 5.68. The molecule has 19 heavy (non-hydrogen) atoms. The fraction of sp³-hybridized carbons (Fsp3) is 0.938. The third-order valence-electron chi connectivity index (χ3n) is 5.18. The maximum Gasteiger partial charge on any atom is 0.237 e. The summed E-state index contributed by atoms with van der Waals surface area (Å²) in [6, 6.07) is 0.0562. The van der Waals surface area contributed by atoms with Crippen LogP contribution in [-0.2, 0) is 4.79 Å². The van der Waals surface area contributed by atoms with Crippen molar-refractivity contribution >= 4 is 5.91 Å². The number of nitrogens with one attached hydrogen (secondary N) is 2. The minimum Gasteiger partial charge on any atom is -0.355 e. The Bertz CT molecular complexity index is 292. The van der Waals surface area contributed by atoms with Crippen LogP contribution in [0.15, 0.2) is 0 Å². The van der Waals surface area contributed by atoms with Crippen molar-refractivity contribution in [3.05, 3.63) is 0 Å². The van der Waals surface area contributed by atoms with Crippen molar-refractivity contribution in [2.24, 2.45) is 17.8 Å². The Hall–Kier alpha value is -0.570. The largest absolute Gasteiger partial charge is 0.355 e. The maximum absolute atomic E-state index is 12.0. The second-order valence-electron chi connectivity index (χ2n) is 6.39. The molecule has 1 amide bonds. The first kappa shape index (κ1) is 14.8. The number of piperidine rings is 1. The molecule has 1 aliphatic heterocycles. The third kappa shape index (κ3) is 3.95. The molecule has 2 fully saturated rings. The van der Waals surface area contributed by atoms with Gasteiger partial charge < -0.3 is 10.6 Å². The van der Waals surface area contributed by atoms with Crippen LogP contribution >= 0.6 is 0 Å². The number of hydrogen-bond acceptors (Lipinski definition) is 2. The summed E-state index contributed by atoms with van der Waals surface area (Å²) in [4.78, 5) is 12.0. The highest BCUT2D eigenvalue weighted by Gasteiger charge is 2.33. The Labute approximate surface area is 117 Å². The van der Waals surface area contributed by atoms with Gasteiger partial charge in [0.05, 0.1) is 6.04 Å². The van der Waals surface area contributed by atoms with Crippen LogP contribution in [0.25, 0.3) is 0 Å². The number of rotatable bonds is 4. The molecule has 0 spiro atoms. The zero-order valence-electron chi connectivity index (χ0n) is 12.6. The van der Waals surface area contributed by atoms with Crippen LogP contribution in [0.1, 0.15) is 58.8 Å². The summed E-state index contributed by atoms with van der Waals surface area (Å²) in [5.41, 5.74) is 0. The SMILES string of the molecule is CCNC(=O)C1CC(C2CCCC(CC)C2)CCN1. The summed E-state index contributed by atoms with van der Waals surface area (Å²) in [6.07, 6.45) is 9.27. The molecule has 3 heteroatoms. The van der Waals surface area contributed by atoms with Gasteiger partial charge in [-0.3, -0.25) is 4.79 Å². The van der Waals surface area contributed by atoms with E-state index in [2.05, 4.69) is 17.6 Å². The molecule has 2 aliphatic rings. The van der Waals surface area contributed by atoms with E-state index in [0.717, 1.165) is 37.3 Å². The average Bonchev–Trinajstić information content (AvgIpc) is 2.48. The zero-order chi connectivity index (χ0) is 13.7. The van der Waals surface area contributed by atoms with Gasteiger partial charge in [-0.05, 0) is 50.5 Å². The van der Waals surface area contributed by atoms with Gasteiger partial charge in [-0.1, -0.05) is 32.6 Å². The van der Waals surface area contributed by atoms with Crippen molar-refractivity contribution in [3.8, 4) is 0 Å². The molecule has 1 heterocycles. The van der Waals surface area contributed by atoms with Gasteiger partial charge in [0.25, 0.3) is 0 Å². The molecule has 1 aliphatic carbocycles. The normalized spacial score (nSPS) is 35.9. The molecule has 1 saturated heterocycles. The van der Waals surface area contributed by atoms with Crippen LogP contribution in [0.3, 0.4) is 0 Å². The van der Waals surface area contributed by atoms with Crippen molar-refractivity contribution in [1.82, 2.24) is 10.6 Å². The summed E-state index contributed by atoms with van der Waals surface area (Å²) in [7, 11) is 0. The Morgan fingerprint density at radius 2 is 1.95 bits per heavy atom. The lowest BCUT2D eigenvalue weighted by molar-refractivity contribution is -0.124. The zero-order valence-corrected chi connectivity index (χ0v) is 12.6. The van der Waals surface area contributed by atoms with E-state index >= 15 is 0 Å². The first-order valence-corrected chi connectivity index (χ1v) is 8.25. The van der Waals surface area contributed by atoms with Crippen LogP contribution in [-0.4, -0.2) is 25.0 Å². The van der Waals surface area contributed by atoms with E-state index in [9.17, 15) is 4.79 Å². The molecular weight excluding hydrogens is 236 g/mol. The lowest BCUT2D eigenvalue weighted by atomic mass is 9.70. The molecule has 2 rings (SSSR count). The highest BCUT2D eigenvalue weighted by molar-refractivity contribution is 5.81. The fourth-order valence-electron chi connectivity index (χ4n) is 4.00. The summed E-state index contributed by atoms with van der Waals surface area (Å²) in [5, 5.41) is 6.34. The van der Waals surface area contributed by atoms with E-state index < -0.39 is 0 Å². The number of amides is 1. The highest BCUT2D eigenvalue weighted by atomic mass is 16.2. The molecule has 1 saturated carbocycles. The predicted molar refractivity (Wildman–Crippen MR) is 78.9 cm³/mol. The average molecular weight is 266 g/mol. The van der Waals surface area contributed by atoms with E-state index in [0.29, 0.717) is 0 Å². The van der Waals surface area contributed by atoms with E-state index in [1.165, 1.54) is 38.5 Å². The van der Waals surface area contributed by atoms with Gasteiger partial charge in [-0.2, -0.15) is 0 Å². The van der Waals surface area contributed by atoms with Crippen molar-refractivity contribution in [2.75, 3.05) is 13.1 Å². The third-order valence-corrected chi connectivity index (χ3v) is 5.18. The minimum atomic E-state index is 0.0562. The van der Waals surface area contributed by atoms with Gasteiger partial charge in [-0.15, -0.1) is 0 Å². The van der Waals surface area contributed by atoms with Gasteiger partial charge >= 0.3 is 0 Å². The number of carbonyl (C=O) groups excluding carboxylic acids is 1. The Balaban J connectivity index is 1.87. The Morgan fingerprint density at radius 1 is 1.16 bits per heavy atom. The van der Waals surface area contributed by atoms with Crippen LogP contribution in [0.4, 0.5) is 0 Å². The Morgan fingerprint density at radius 3 is 2.68 bits per heavy atom. The van der Waals surface area contributed by atoms with Crippen LogP contribution in [0.5, 0.6) is 0 Å². The molecule has 0 aromatic carbocycles. The summed E-state index contributed by atoms with van der Waals surface area (Å²) >= 11 is 0. The molecule has 110 valence electrons. The molecule has 4 atom stereocenters. The standard InChI is InChI=1S/C16H30N2O/c1-3-12-6-5-7-13(10-12)14-8-9-18-15(11-14)16(19)17-4-2/h12-15,18H,3-11H2,1-2H3,(H,17,19). The summed E-state index contributed by atoms with van der Waals surface area (Å²) in [6.45, 7) is 6.07. The molecule has 0 aromatic heterocycles. The van der Waals surface area contributed by atoms with Gasteiger partial charge in [0, 0.05) is 6.54 Å². The van der Waals surface area contributed by atoms with Crippen molar-refractivity contribution in [2.45, 2.75) is 64.8 Å². The second kappa shape index (κ2) is 7.28. The van der Waals surface area contributed by atoms with Crippen LogP contribution in [0.2, 0.25) is 0 Å². The van der Waals surface area contributed by atoms with Crippen molar-refractivity contribution in [1.29, 1.82) is 0 Å². The first-order chi connectivity index (χ1) is 9.24. The van der Waals surface area contributed by atoms with Gasteiger partial charge in [-0.25, -0.2) is 0 Å². The first-order valence-electron chi connectivity index (χ1n) is 8.25. The smallest absolute Gasteiger partial charge is 0.237 e.